The van der Waals surface area contributed by atoms with Crippen LogP contribution in [-0.4, -0.2) is 43.7 Å². The zero-order valence-corrected chi connectivity index (χ0v) is 14.0. The van der Waals surface area contributed by atoms with E-state index >= 15 is 0 Å². The van der Waals surface area contributed by atoms with E-state index in [9.17, 15) is 4.79 Å². The molecule has 0 atom stereocenters. The van der Waals surface area contributed by atoms with Crippen molar-refractivity contribution in [2.24, 2.45) is 5.92 Å². The quantitative estimate of drug-likeness (QED) is 0.945. The van der Waals surface area contributed by atoms with Crippen LogP contribution < -0.4 is 0 Å². The third-order valence-electron chi connectivity index (χ3n) is 4.74. The van der Waals surface area contributed by atoms with E-state index in [0.29, 0.717) is 19.0 Å². The fourth-order valence-corrected chi connectivity index (χ4v) is 3.48. The van der Waals surface area contributed by atoms with Crippen LogP contribution in [0.1, 0.15) is 36.8 Å². The highest BCUT2D eigenvalue weighted by molar-refractivity contribution is 5.75. The summed E-state index contributed by atoms with van der Waals surface area (Å²) in [7, 11) is 0. The Balaban J connectivity index is 1.86. The maximum Gasteiger partial charge on any atom is 0.407 e. The summed E-state index contributed by atoms with van der Waals surface area (Å²) in [4.78, 5) is 22.0. The van der Waals surface area contributed by atoms with Gasteiger partial charge in [0.05, 0.1) is 0 Å². The van der Waals surface area contributed by atoms with Gasteiger partial charge in [-0.05, 0) is 44.2 Å². The van der Waals surface area contributed by atoms with E-state index in [0.717, 1.165) is 48.5 Å². The van der Waals surface area contributed by atoms with Crippen molar-refractivity contribution in [3.63, 3.8) is 0 Å². The van der Waals surface area contributed by atoms with Gasteiger partial charge in [0.1, 0.15) is 11.3 Å². The summed E-state index contributed by atoms with van der Waals surface area (Å²) in [5, 5.41) is 9.07. The number of carboxylic acid groups (broad SMARTS) is 1. The first-order chi connectivity index (χ1) is 11.0. The van der Waals surface area contributed by atoms with Gasteiger partial charge in [-0.3, -0.25) is 0 Å². The SMILES string of the molecule is CCc1nc2c(C)cc(C)nc2n1CC1CCN(C(=O)O)CC1. The van der Waals surface area contributed by atoms with Crippen molar-refractivity contribution in [1.29, 1.82) is 0 Å². The molecule has 2 aromatic rings. The summed E-state index contributed by atoms with van der Waals surface area (Å²) >= 11 is 0. The molecule has 2 aromatic heterocycles. The van der Waals surface area contributed by atoms with Crippen molar-refractivity contribution in [2.45, 2.75) is 46.6 Å². The molecule has 1 saturated heterocycles. The highest BCUT2D eigenvalue weighted by Crippen LogP contribution is 2.24. The number of piperidine rings is 1. The fraction of sp³-hybridized carbons (Fsp3) is 0.588. The normalized spacial score (nSPS) is 16.2. The van der Waals surface area contributed by atoms with Crippen molar-refractivity contribution in [3.05, 3.63) is 23.1 Å². The van der Waals surface area contributed by atoms with Gasteiger partial charge in [-0.2, -0.15) is 0 Å². The molecule has 0 bridgehead atoms. The number of imidazole rings is 1. The highest BCUT2D eigenvalue weighted by atomic mass is 16.4. The second-order valence-electron chi connectivity index (χ2n) is 6.46. The summed E-state index contributed by atoms with van der Waals surface area (Å²) in [5.74, 6) is 1.55. The average Bonchev–Trinajstić information content (AvgIpc) is 2.86. The van der Waals surface area contributed by atoms with Gasteiger partial charge in [0.25, 0.3) is 0 Å². The molecule has 1 aliphatic heterocycles. The Morgan fingerprint density at radius 2 is 2.00 bits per heavy atom. The number of likely N-dealkylation sites (tertiary alicyclic amines) is 1. The smallest absolute Gasteiger partial charge is 0.407 e. The van der Waals surface area contributed by atoms with Gasteiger partial charge in [0, 0.05) is 31.7 Å². The summed E-state index contributed by atoms with van der Waals surface area (Å²) < 4.78 is 2.25. The van der Waals surface area contributed by atoms with Crippen LogP contribution in [0, 0.1) is 19.8 Å². The molecule has 1 amide bonds. The largest absolute Gasteiger partial charge is 0.465 e. The third kappa shape index (κ3) is 3.02. The Morgan fingerprint density at radius 1 is 1.30 bits per heavy atom. The number of amides is 1. The predicted molar refractivity (Wildman–Crippen MR) is 88.7 cm³/mol. The van der Waals surface area contributed by atoms with Crippen molar-refractivity contribution < 1.29 is 9.90 Å². The van der Waals surface area contributed by atoms with E-state index < -0.39 is 6.09 Å². The Morgan fingerprint density at radius 3 is 2.61 bits per heavy atom. The molecule has 3 rings (SSSR count). The van der Waals surface area contributed by atoms with Crippen molar-refractivity contribution in [1.82, 2.24) is 19.4 Å². The lowest BCUT2D eigenvalue weighted by molar-refractivity contribution is 0.121. The van der Waals surface area contributed by atoms with Crippen LogP contribution >= 0.6 is 0 Å². The van der Waals surface area contributed by atoms with E-state index in [2.05, 4.69) is 24.5 Å². The number of pyridine rings is 1. The van der Waals surface area contributed by atoms with E-state index in [1.807, 2.05) is 6.92 Å². The average molecular weight is 316 g/mol. The highest BCUT2D eigenvalue weighted by Gasteiger charge is 2.24. The second kappa shape index (κ2) is 6.18. The molecule has 6 nitrogen and oxygen atoms in total. The van der Waals surface area contributed by atoms with Crippen LogP contribution in [0.5, 0.6) is 0 Å². The molecular formula is C17H24N4O2. The van der Waals surface area contributed by atoms with Crippen LogP contribution in [0.15, 0.2) is 6.07 Å². The fourth-order valence-electron chi connectivity index (χ4n) is 3.48. The van der Waals surface area contributed by atoms with E-state index in [1.165, 1.54) is 10.5 Å². The Labute approximate surface area is 136 Å². The molecule has 124 valence electrons. The predicted octanol–water partition coefficient (Wildman–Crippen LogP) is 3.00. The number of carbonyl (C=O) groups is 1. The Bertz CT molecular complexity index is 730. The minimum atomic E-state index is -0.807. The van der Waals surface area contributed by atoms with Gasteiger partial charge in [-0.1, -0.05) is 6.92 Å². The molecular weight excluding hydrogens is 292 g/mol. The van der Waals surface area contributed by atoms with Gasteiger partial charge < -0.3 is 14.6 Å². The van der Waals surface area contributed by atoms with Crippen LogP contribution in [0.4, 0.5) is 4.79 Å². The number of hydrogen-bond acceptors (Lipinski definition) is 3. The first kappa shape index (κ1) is 15.8. The number of hydrogen-bond donors (Lipinski definition) is 1. The van der Waals surface area contributed by atoms with Crippen molar-refractivity contribution in [3.8, 4) is 0 Å². The van der Waals surface area contributed by atoms with Crippen LogP contribution in [0.3, 0.4) is 0 Å². The van der Waals surface area contributed by atoms with Crippen LogP contribution in [0.2, 0.25) is 0 Å². The third-order valence-corrected chi connectivity index (χ3v) is 4.74. The molecule has 1 fully saturated rings. The molecule has 6 heteroatoms. The zero-order chi connectivity index (χ0) is 16.6. The molecule has 0 aromatic carbocycles. The number of nitrogens with zero attached hydrogens (tertiary/aromatic N) is 4. The molecule has 23 heavy (non-hydrogen) atoms. The van der Waals surface area contributed by atoms with Gasteiger partial charge in [0.2, 0.25) is 0 Å². The molecule has 0 aliphatic carbocycles. The number of aryl methyl sites for hydroxylation is 3. The van der Waals surface area contributed by atoms with Crippen molar-refractivity contribution >= 4 is 17.3 Å². The summed E-state index contributed by atoms with van der Waals surface area (Å²) in [6.45, 7) is 8.34. The first-order valence-electron chi connectivity index (χ1n) is 8.30. The molecule has 0 spiro atoms. The monoisotopic (exact) mass is 316 g/mol. The molecule has 0 saturated carbocycles. The van der Waals surface area contributed by atoms with Gasteiger partial charge >= 0.3 is 6.09 Å². The lowest BCUT2D eigenvalue weighted by Crippen LogP contribution is -2.38. The van der Waals surface area contributed by atoms with Crippen LogP contribution in [0.25, 0.3) is 11.2 Å². The van der Waals surface area contributed by atoms with Gasteiger partial charge in [-0.15, -0.1) is 0 Å². The standard InChI is InChI=1S/C17H24N4O2/c1-4-14-19-15-11(2)9-12(3)18-16(15)21(14)10-13-5-7-20(8-6-13)17(22)23/h9,13H,4-8,10H2,1-3H3,(H,22,23). The number of aromatic nitrogens is 3. The first-order valence-corrected chi connectivity index (χ1v) is 8.30. The Kier molecular flexibility index (Phi) is 4.24. The molecule has 3 heterocycles. The lowest BCUT2D eigenvalue weighted by Gasteiger charge is -2.30. The van der Waals surface area contributed by atoms with E-state index in [4.69, 9.17) is 15.1 Å². The Hall–Kier alpha value is -2.11. The lowest BCUT2D eigenvalue weighted by atomic mass is 9.97. The topological polar surface area (TPSA) is 71.2 Å². The molecule has 0 unspecified atom stereocenters. The molecule has 1 N–H and O–H groups in total. The summed E-state index contributed by atoms with van der Waals surface area (Å²) in [6, 6.07) is 2.07. The van der Waals surface area contributed by atoms with Gasteiger partial charge in [0.15, 0.2) is 5.65 Å². The number of rotatable bonds is 3. The number of fused-ring (bicyclic) bond motifs is 1. The van der Waals surface area contributed by atoms with Crippen LogP contribution in [-0.2, 0) is 13.0 Å². The van der Waals surface area contributed by atoms with E-state index in [-0.39, 0.29) is 0 Å². The minimum Gasteiger partial charge on any atom is -0.465 e. The van der Waals surface area contributed by atoms with E-state index in [1.54, 1.807) is 0 Å². The summed E-state index contributed by atoms with van der Waals surface area (Å²) in [6.07, 6.45) is 1.88. The summed E-state index contributed by atoms with van der Waals surface area (Å²) in [5.41, 5.74) is 4.15. The van der Waals surface area contributed by atoms with Gasteiger partial charge in [-0.25, -0.2) is 14.8 Å². The molecule has 0 radical (unpaired) electrons. The molecule has 1 aliphatic rings. The zero-order valence-electron chi connectivity index (χ0n) is 14.0. The van der Waals surface area contributed by atoms with Crippen molar-refractivity contribution in [2.75, 3.05) is 13.1 Å². The maximum absolute atomic E-state index is 11.0. The second-order valence-corrected chi connectivity index (χ2v) is 6.46. The maximum atomic E-state index is 11.0. The minimum absolute atomic E-state index is 0.482.